The number of amides is 1. The summed E-state index contributed by atoms with van der Waals surface area (Å²) in [5.74, 6) is -1.31. The van der Waals surface area contributed by atoms with Gasteiger partial charge in [0.25, 0.3) is 0 Å². The third-order valence-electron chi connectivity index (χ3n) is 3.14. The molecule has 0 aliphatic carbocycles. The van der Waals surface area contributed by atoms with E-state index < -0.39 is 33.8 Å². The van der Waals surface area contributed by atoms with Crippen molar-refractivity contribution in [1.29, 1.82) is 0 Å². The highest BCUT2D eigenvalue weighted by molar-refractivity contribution is 7.87. The Morgan fingerprint density at radius 2 is 2.14 bits per heavy atom. The number of anilines is 1. The molecule has 1 aliphatic heterocycles. The number of carbonyl (C=O) groups is 2. The van der Waals surface area contributed by atoms with Gasteiger partial charge in [0.2, 0.25) is 5.91 Å². The second-order valence-corrected chi connectivity index (χ2v) is 6.51. The number of nitrogens with zero attached hydrogens (tertiary/aromatic N) is 1. The molecule has 0 N–H and O–H groups in total. The number of hydrogen-bond acceptors (Lipinski definition) is 5. The number of rotatable bonds is 3. The Balaban J connectivity index is 2.45. The van der Waals surface area contributed by atoms with Crippen molar-refractivity contribution in [3.8, 4) is 0 Å². The van der Waals surface area contributed by atoms with Crippen LogP contribution in [0.15, 0.2) is 18.2 Å². The first-order valence-corrected chi connectivity index (χ1v) is 7.68. The van der Waals surface area contributed by atoms with E-state index >= 15 is 0 Å². The lowest BCUT2D eigenvalue weighted by Crippen LogP contribution is -2.28. The van der Waals surface area contributed by atoms with E-state index in [-0.39, 0.29) is 22.8 Å². The van der Waals surface area contributed by atoms with Crippen LogP contribution in [-0.4, -0.2) is 39.2 Å². The van der Waals surface area contributed by atoms with E-state index in [1.807, 2.05) is 0 Å². The first kappa shape index (κ1) is 15.7. The minimum absolute atomic E-state index is 0.0483. The van der Waals surface area contributed by atoms with Crippen molar-refractivity contribution in [2.45, 2.75) is 11.7 Å². The van der Waals surface area contributed by atoms with Crippen LogP contribution in [0.25, 0.3) is 0 Å². The monoisotopic (exact) mass is 335 g/mol. The lowest BCUT2D eigenvalue weighted by Gasteiger charge is -2.19. The summed E-state index contributed by atoms with van der Waals surface area (Å²) in [5, 5.41) is -1.20. The van der Waals surface area contributed by atoms with Gasteiger partial charge in [-0.15, -0.1) is 3.89 Å². The summed E-state index contributed by atoms with van der Waals surface area (Å²) in [6.45, 7) is -0.373. The van der Waals surface area contributed by atoms with Gasteiger partial charge < -0.3 is 9.64 Å². The van der Waals surface area contributed by atoms with Crippen LogP contribution >= 0.6 is 11.6 Å². The Morgan fingerprint density at radius 3 is 2.67 bits per heavy atom. The Morgan fingerprint density at radius 1 is 1.48 bits per heavy atom. The van der Waals surface area contributed by atoms with Crippen LogP contribution in [0.3, 0.4) is 0 Å². The molecular weight excluding hydrogens is 325 g/mol. The third kappa shape index (κ3) is 3.16. The second kappa shape index (κ2) is 5.61. The summed E-state index contributed by atoms with van der Waals surface area (Å²) in [6.07, 6.45) is -0.480. The van der Waals surface area contributed by atoms with Gasteiger partial charge in [-0.1, -0.05) is 11.6 Å². The van der Waals surface area contributed by atoms with Crippen LogP contribution in [0.2, 0.25) is 5.02 Å². The smallest absolute Gasteiger partial charge is 0.339 e. The number of methoxy groups -OCH3 is 1. The zero-order chi connectivity index (χ0) is 15.8. The Labute approximate surface area is 125 Å². The molecule has 0 bridgehead atoms. The fourth-order valence-electron chi connectivity index (χ4n) is 2.11. The highest BCUT2D eigenvalue weighted by Crippen LogP contribution is 2.31. The zero-order valence-electron chi connectivity index (χ0n) is 10.9. The first-order valence-electron chi connectivity index (χ1n) is 5.85. The molecule has 2 rings (SSSR count). The molecule has 0 saturated carbocycles. The molecule has 1 unspecified atom stereocenters. The minimum atomic E-state index is -4.84. The van der Waals surface area contributed by atoms with Crippen molar-refractivity contribution in [2.75, 3.05) is 18.6 Å². The minimum Gasteiger partial charge on any atom is -0.465 e. The van der Waals surface area contributed by atoms with Gasteiger partial charge in [-0.25, -0.2) is 4.79 Å². The highest BCUT2D eigenvalue weighted by Gasteiger charge is 2.40. The zero-order valence-corrected chi connectivity index (χ0v) is 12.4. The fraction of sp³-hybridized carbons (Fsp3) is 0.333. The van der Waals surface area contributed by atoms with E-state index in [0.29, 0.717) is 0 Å². The van der Waals surface area contributed by atoms with Crippen LogP contribution in [0.1, 0.15) is 16.8 Å². The molecule has 21 heavy (non-hydrogen) atoms. The molecule has 114 valence electrons. The summed E-state index contributed by atoms with van der Waals surface area (Å²) in [5.41, 5.74) is 0.151. The summed E-state index contributed by atoms with van der Waals surface area (Å²) >= 11 is 5.83. The van der Waals surface area contributed by atoms with Crippen molar-refractivity contribution < 1.29 is 26.6 Å². The quantitative estimate of drug-likeness (QED) is 0.618. The maximum atomic E-state index is 13.0. The van der Waals surface area contributed by atoms with Crippen LogP contribution < -0.4 is 4.90 Å². The standard InChI is InChI=1S/C12H11ClFNO5S/c1-20-12(17)9-3-2-7(13)4-10(9)15-6-8(5-11(15)16)21(14,18)19/h2-4,8H,5-6H2,1H3. The molecule has 9 heteroatoms. The second-order valence-electron chi connectivity index (χ2n) is 4.46. The normalized spacial score (nSPS) is 18.9. The molecule has 1 amide bonds. The fourth-order valence-corrected chi connectivity index (χ4v) is 2.94. The van der Waals surface area contributed by atoms with E-state index in [1.54, 1.807) is 0 Å². The summed E-state index contributed by atoms with van der Waals surface area (Å²) in [4.78, 5) is 24.6. The molecule has 1 atom stereocenters. The predicted molar refractivity (Wildman–Crippen MR) is 73.6 cm³/mol. The van der Waals surface area contributed by atoms with E-state index in [1.165, 1.54) is 25.3 Å². The highest BCUT2D eigenvalue weighted by atomic mass is 35.5. The lowest BCUT2D eigenvalue weighted by molar-refractivity contribution is -0.117. The Bertz CT molecular complexity index is 706. The van der Waals surface area contributed by atoms with Gasteiger partial charge in [0, 0.05) is 18.0 Å². The predicted octanol–water partition coefficient (Wildman–Crippen LogP) is 1.53. The largest absolute Gasteiger partial charge is 0.465 e. The molecule has 0 spiro atoms. The lowest BCUT2D eigenvalue weighted by atomic mass is 10.1. The van der Waals surface area contributed by atoms with Gasteiger partial charge in [-0.3, -0.25) is 4.79 Å². The van der Waals surface area contributed by atoms with Gasteiger partial charge in [0.05, 0.1) is 18.4 Å². The Hall–Kier alpha value is -1.67. The Kier molecular flexibility index (Phi) is 4.20. The topological polar surface area (TPSA) is 80.8 Å². The SMILES string of the molecule is COC(=O)c1ccc(Cl)cc1N1CC(S(=O)(=O)F)CC1=O. The van der Waals surface area contributed by atoms with E-state index in [9.17, 15) is 21.9 Å². The average Bonchev–Trinajstić information content (AvgIpc) is 2.79. The summed E-state index contributed by atoms with van der Waals surface area (Å²) in [6, 6.07) is 4.12. The third-order valence-corrected chi connectivity index (χ3v) is 4.49. The number of hydrogen-bond donors (Lipinski definition) is 0. The van der Waals surface area contributed by atoms with Crippen molar-refractivity contribution in [1.82, 2.24) is 0 Å². The van der Waals surface area contributed by atoms with Gasteiger partial charge >= 0.3 is 16.2 Å². The van der Waals surface area contributed by atoms with E-state index in [4.69, 9.17) is 11.6 Å². The van der Waals surface area contributed by atoms with Crippen LogP contribution in [0.5, 0.6) is 0 Å². The molecule has 1 saturated heterocycles. The van der Waals surface area contributed by atoms with Crippen molar-refractivity contribution in [3.05, 3.63) is 28.8 Å². The van der Waals surface area contributed by atoms with Gasteiger partial charge in [-0.2, -0.15) is 8.42 Å². The molecule has 0 radical (unpaired) electrons. The molecule has 1 aromatic rings. The maximum absolute atomic E-state index is 13.0. The van der Waals surface area contributed by atoms with Gasteiger partial charge in [0.1, 0.15) is 5.25 Å². The first-order chi connectivity index (χ1) is 9.74. The number of esters is 1. The number of halogens is 2. The van der Waals surface area contributed by atoms with Gasteiger partial charge in [0.15, 0.2) is 0 Å². The summed E-state index contributed by atoms with van der Waals surface area (Å²) in [7, 11) is -3.67. The molecule has 0 aromatic heterocycles. The van der Waals surface area contributed by atoms with Crippen LogP contribution in [0.4, 0.5) is 9.57 Å². The van der Waals surface area contributed by atoms with Crippen LogP contribution in [0, 0.1) is 0 Å². The van der Waals surface area contributed by atoms with E-state index in [2.05, 4.69) is 4.74 Å². The molecule has 1 fully saturated rings. The number of ether oxygens (including phenoxy) is 1. The average molecular weight is 336 g/mol. The van der Waals surface area contributed by atoms with Crippen molar-refractivity contribution in [3.63, 3.8) is 0 Å². The molecule has 6 nitrogen and oxygen atoms in total. The van der Waals surface area contributed by atoms with E-state index in [0.717, 1.165) is 4.90 Å². The maximum Gasteiger partial charge on any atom is 0.339 e. The number of benzene rings is 1. The van der Waals surface area contributed by atoms with Crippen molar-refractivity contribution in [2.24, 2.45) is 0 Å². The number of carbonyl (C=O) groups excluding carboxylic acids is 2. The van der Waals surface area contributed by atoms with Gasteiger partial charge in [-0.05, 0) is 18.2 Å². The molecule has 1 aliphatic rings. The molecular formula is C12H11ClFNO5S. The van der Waals surface area contributed by atoms with Crippen LogP contribution in [-0.2, 0) is 19.8 Å². The molecule has 1 aromatic carbocycles. The molecule has 1 heterocycles. The summed E-state index contributed by atoms with van der Waals surface area (Å²) < 4.78 is 39.5. The van der Waals surface area contributed by atoms with Crippen molar-refractivity contribution >= 4 is 39.4 Å².